The van der Waals surface area contributed by atoms with Gasteiger partial charge in [-0.15, -0.1) is 0 Å². The molecule has 2 amide bonds. The van der Waals surface area contributed by atoms with Crippen LogP contribution in [0.2, 0.25) is 0 Å². The van der Waals surface area contributed by atoms with Crippen LogP contribution in [-0.2, 0) is 4.79 Å². The van der Waals surface area contributed by atoms with E-state index in [-0.39, 0.29) is 22.3 Å². The second kappa shape index (κ2) is 11.1. The highest BCUT2D eigenvalue weighted by Crippen LogP contribution is 2.16. The van der Waals surface area contributed by atoms with Crippen molar-refractivity contribution in [2.24, 2.45) is 0 Å². The second-order valence-corrected chi connectivity index (χ2v) is 5.80. The maximum atomic E-state index is 12.0. The Balaban J connectivity index is 2.37. The van der Waals surface area contributed by atoms with Gasteiger partial charge in [0, 0.05) is 12.5 Å². The summed E-state index contributed by atoms with van der Waals surface area (Å²) < 4.78 is 0. The van der Waals surface area contributed by atoms with Crippen LogP contribution in [0.3, 0.4) is 0 Å². The highest BCUT2D eigenvalue weighted by molar-refractivity contribution is 7.80. The van der Waals surface area contributed by atoms with E-state index < -0.39 is 10.8 Å². The smallest absolute Gasteiger partial charge is 0.282 e. The number of rotatable bonds is 8. The number of carbonyl (C=O) groups excluding carboxylic acids is 2. The molecule has 136 valence electrons. The van der Waals surface area contributed by atoms with E-state index in [0.717, 1.165) is 32.1 Å². The average molecular weight is 366 g/mol. The van der Waals surface area contributed by atoms with Gasteiger partial charge < -0.3 is 5.32 Å². The van der Waals surface area contributed by atoms with Crippen LogP contribution in [0.25, 0.3) is 0 Å². The number of unbranched alkanes of at least 4 members (excludes halogenated alkanes) is 4. The van der Waals surface area contributed by atoms with E-state index in [2.05, 4.69) is 23.1 Å². The number of carbonyl (C=O) groups is 2. The normalized spacial score (nSPS) is 9.96. The van der Waals surface area contributed by atoms with Crippen molar-refractivity contribution in [1.82, 2.24) is 16.2 Å². The van der Waals surface area contributed by atoms with Gasteiger partial charge in [-0.2, -0.15) is 0 Å². The number of hydrogen-bond donors (Lipinski definition) is 3. The molecule has 9 heteroatoms. The van der Waals surface area contributed by atoms with E-state index in [4.69, 9.17) is 12.2 Å². The van der Waals surface area contributed by atoms with Crippen molar-refractivity contribution in [3.63, 3.8) is 0 Å². The van der Waals surface area contributed by atoms with Gasteiger partial charge in [0.05, 0.1) is 4.92 Å². The fourth-order valence-electron chi connectivity index (χ4n) is 2.12. The molecule has 1 aromatic carbocycles. The van der Waals surface area contributed by atoms with Crippen LogP contribution in [0.5, 0.6) is 0 Å². The summed E-state index contributed by atoms with van der Waals surface area (Å²) in [5.74, 6) is -0.961. The molecule has 0 heterocycles. The van der Waals surface area contributed by atoms with Gasteiger partial charge in [0.15, 0.2) is 5.11 Å². The summed E-state index contributed by atoms with van der Waals surface area (Å²) in [5, 5.41) is 13.3. The summed E-state index contributed by atoms with van der Waals surface area (Å²) >= 11 is 4.91. The lowest BCUT2D eigenvalue weighted by molar-refractivity contribution is -0.385. The standard InChI is InChI=1S/C16H22N4O4S/c1-2-3-4-5-6-11-14(21)17-16(25)19-18-15(22)12-9-7-8-10-13(12)20(23)24/h7-10H,2-6,11H2,1H3,(H,18,22)(H2,17,19,21,25). The van der Waals surface area contributed by atoms with Crippen molar-refractivity contribution < 1.29 is 14.5 Å². The molecule has 0 aliphatic rings. The number of para-hydroxylation sites is 1. The molecule has 0 fully saturated rings. The zero-order valence-electron chi connectivity index (χ0n) is 14.0. The first-order chi connectivity index (χ1) is 12.0. The molecular formula is C16H22N4O4S. The molecule has 25 heavy (non-hydrogen) atoms. The molecule has 1 aromatic rings. The van der Waals surface area contributed by atoms with E-state index in [1.165, 1.54) is 24.3 Å². The van der Waals surface area contributed by atoms with Crippen molar-refractivity contribution in [2.75, 3.05) is 0 Å². The number of amides is 2. The monoisotopic (exact) mass is 366 g/mol. The van der Waals surface area contributed by atoms with Crippen LogP contribution in [-0.4, -0.2) is 21.9 Å². The second-order valence-electron chi connectivity index (χ2n) is 5.39. The summed E-state index contributed by atoms with van der Waals surface area (Å²) in [4.78, 5) is 33.9. The Morgan fingerprint density at radius 3 is 2.48 bits per heavy atom. The molecule has 3 N–H and O–H groups in total. The van der Waals surface area contributed by atoms with Gasteiger partial charge in [-0.1, -0.05) is 44.7 Å². The third-order valence-corrected chi connectivity index (χ3v) is 3.60. The molecule has 0 saturated heterocycles. The third-order valence-electron chi connectivity index (χ3n) is 3.40. The van der Waals surface area contributed by atoms with Crippen molar-refractivity contribution in [3.8, 4) is 0 Å². The summed E-state index contributed by atoms with van der Waals surface area (Å²) in [6, 6.07) is 5.54. The number of hydrogen-bond acceptors (Lipinski definition) is 5. The van der Waals surface area contributed by atoms with E-state index in [1.54, 1.807) is 0 Å². The Kier molecular flexibility index (Phi) is 9.09. The number of nitrogens with zero attached hydrogens (tertiary/aromatic N) is 1. The van der Waals surface area contributed by atoms with Gasteiger partial charge in [-0.3, -0.25) is 30.6 Å². The molecule has 0 aliphatic carbocycles. The quantitative estimate of drug-likeness (QED) is 0.282. The van der Waals surface area contributed by atoms with Crippen molar-refractivity contribution >= 4 is 34.8 Å². The van der Waals surface area contributed by atoms with Crippen LogP contribution in [0, 0.1) is 10.1 Å². The minimum Gasteiger partial charge on any atom is -0.302 e. The van der Waals surface area contributed by atoms with E-state index in [1.807, 2.05) is 0 Å². The Morgan fingerprint density at radius 2 is 1.80 bits per heavy atom. The molecule has 0 saturated carbocycles. The number of thiocarbonyl (C=S) groups is 1. The van der Waals surface area contributed by atoms with Gasteiger partial charge >= 0.3 is 0 Å². The zero-order chi connectivity index (χ0) is 18.7. The minimum atomic E-state index is -0.719. The molecule has 0 unspecified atom stereocenters. The lowest BCUT2D eigenvalue weighted by Crippen LogP contribution is -2.48. The highest BCUT2D eigenvalue weighted by Gasteiger charge is 2.19. The first kappa shape index (κ1) is 20.5. The lowest BCUT2D eigenvalue weighted by atomic mass is 10.1. The molecule has 0 spiro atoms. The van der Waals surface area contributed by atoms with Gasteiger partial charge in [-0.25, -0.2) is 0 Å². The van der Waals surface area contributed by atoms with Gasteiger partial charge in [-0.05, 0) is 24.7 Å². The summed E-state index contributed by atoms with van der Waals surface area (Å²) in [6.45, 7) is 2.12. The summed E-state index contributed by atoms with van der Waals surface area (Å²) in [5.41, 5.74) is 4.18. The van der Waals surface area contributed by atoms with Crippen molar-refractivity contribution in [1.29, 1.82) is 0 Å². The van der Waals surface area contributed by atoms with Crippen LogP contribution in [0.4, 0.5) is 5.69 Å². The average Bonchev–Trinajstić information content (AvgIpc) is 2.59. The van der Waals surface area contributed by atoms with Crippen LogP contribution >= 0.6 is 12.2 Å². The Bertz CT molecular complexity index is 636. The van der Waals surface area contributed by atoms with Gasteiger partial charge in [0.2, 0.25) is 5.91 Å². The molecule has 0 aliphatic heterocycles. The third kappa shape index (κ3) is 7.71. The van der Waals surface area contributed by atoms with E-state index >= 15 is 0 Å². The van der Waals surface area contributed by atoms with E-state index in [9.17, 15) is 19.7 Å². The van der Waals surface area contributed by atoms with Crippen molar-refractivity contribution in [2.45, 2.75) is 45.4 Å². The fourth-order valence-corrected chi connectivity index (χ4v) is 2.28. The highest BCUT2D eigenvalue weighted by atomic mass is 32.1. The molecule has 0 bridgehead atoms. The largest absolute Gasteiger partial charge is 0.302 e. The Hall–Kier alpha value is -2.55. The van der Waals surface area contributed by atoms with Crippen molar-refractivity contribution in [3.05, 3.63) is 39.9 Å². The maximum Gasteiger partial charge on any atom is 0.282 e. The first-order valence-corrected chi connectivity index (χ1v) is 8.50. The van der Waals surface area contributed by atoms with Crippen LogP contribution in [0.15, 0.2) is 24.3 Å². The zero-order valence-corrected chi connectivity index (χ0v) is 14.9. The minimum absolute atomic E-state index is 0.0644. The topological polar surface area (TPSA) is 113 Å². The number of benzene rings is 1. The predicted molar refractivity (Wildman–Crippen MR) is 97.8 cm³/mol. The molecule has 0 atom stereocenters. The van der Waals surface area contributed by atoms with E-state index in [0.29, 0.717) is 6.42 Å². The first-order valence-electron chi connectivity index (χ1n) is 8.09. The lowest BCUT2D eigenvalue weighted by Gasteiger charge is -2.11. The summed E-state index contributed by atoms with van der Waals surface area (Å²) in [6.07, 6.45) is 5.49. The fraction of sp³-hybridized carbons (Fsp3) is 0.438. The number of hydrazine groups is 1. The SMILES string of the molecule is CCCCCCCC(=O)NC(=S)NNC(=O)c1ccccc1[N+](=O)[O-]. The number of nitrogens with one attached hydrogen (secondary N) is 3. The number of nitro groups is 1. The van der Waals surface area contributed by atoms with Gasteiger partial charge in [0.25, 0.3) is 11.6 Å². The number of nitro benzene ring substituents is 1. The molecular weight excluding hydrogens is 344 g/mol. The summed E-state index contributed by atoms with van der Waals surface area (Å²) in [7, 11) is 0. The molecule has 8 nitrogen and oxygen atoms in total. The maximum absolute atomic E-state index is 12.0. The molecule has 0 aromatic heterocycles. The van der Waals surface area contributed by atoms with Crippen LogP contribution in [0.1, 0.15) is 55.8 Å². The van der Waals surface area contributed by atoms with Gasteiger partial charge in [0.1, 0.15) is 5.56 Å². The van der Waals surface area contributed by atoms with Crippen LogP contribution < -0.4 is 16.2 Å². The molecule has 0 radical (unpaired) electrons. The predicted octanol–water partition coefficient (Wildman–Crippen LogP) is 2.59. The Morgan fingerprint density at radius 1 is 1.12 bits per heavy atom. The Labute approximate surface area is 151 Å². The molecule has 1 rings (SSSR count).